The summed E-state index contributed by atoms with van der Waals surface area (Å²) in [6, 6.07) is 10.6. The highest BCUT2D eigenvalue weighted by Crippen LogP contribution is 2.45. The molecule has 0 N–H and O–H groups in total. The topological polar surface area (TPSA) is 167 Å². The molecule has 368 valence electrons. The van der Waals surface area contributed by atoms with Crippen molar-refractivity contribution in [3.8, 4) is 16.9 Å². The third kappa shape index (κ3) is 17.6. The molecule has 2 aliphatic rings. The van der Waals surface area contributed by atoms with Crippen LogP contribution in [0.3, 0.4) is 0 Å². The molecule has 67 heavy (non-hydrogen) atoms. The Hall–Kier alpha value is -5.53. The fourth-order valence-electron chi connectivity index (χ4n) is 8.98. The first-order chi connectivity index (χ1) is 32.1. The Morgan fingerprint density at radius 2 is 1.22 bits per heavy atom. The summed E-state index contributed by atoms with van der Waals surface area (Å²) in [5.74, 6) is -2.33. The van der Waals surface area contributed by atoms with Crippen molar-refractivity contribution in [3.63, 3.8) is 0 Å². The number of halogens is 1. The molecule has 0 bridgehead atoms. The minimum atomic E-state index is -1.61. The lowest BCUT2D eigenvalue weighted by molar-refractivity contribution is -0.165. The standard InChI is InChI=1S/C53H71FO13/c1-8-9-10-12-37-14-16-38(17-15-37)39-18-20-40(21-19-39)41-22-24-44(45(54)28-41)42-23-25-46(43(27-42)13-11-26-63-51(59)35(2)3)64-31-53(34-67-52(60)36(4)5,32-65-49(57)29-47(55)61-6)33-66-50(58)30-48(56)62-7/h22-25,27-28,37-40H,2,4,8-21,26,29-34H2,1,3,5-7H3. The zero-order valence-electron chi connectivity index (χ0n) is 40.2. The molecule has 2 saturated carbocycles. The van der Waals surface area contributed by atoms with Gasteiger partial charge in [-0.25, -0.2) is 14.0 Å². The first-order valence-corrected chi connectivity index (χ1v) is 23.7. The van der Waals surface area contributed by atoms with Crippen LogP contribution in [0.2, 0.25) is 0 Å². The molecule has 0 amide bonds. The van der Waals surface area contributed by atoms with Crippen LogP contribution >= 0.6 is 0 Å². The van der Waals surface area contributed by atoms with Crippen LogP contribution in [-0.2, 0) is 63.6 Å². The summed E-state index contributed by atoms with van der Waals surface area (Å²) >= 11 is 0. The quantitative estimate of drug-likeness (QED) is 0.0288. The van der Waals surface area contributed by atoms with Crippen molar-refractivity contribution >= 4 is 35.8 Å². The molecule has 0 aromatic heterocycles. The summed E-state index contributed by atoms with van der Waals surface area (Å²) in [5.41, 5.74) is 1.26. The lowest BCUT2D eigenvalue weighted by Crippen LogP contribution is -2.44. The van der Waals surface area contributed by atoms with Crippen LogP contribution in [0.15, 0.2) is 60.7 Å². The van der Waals surface area contributed by atoms with E-state index in [-0.39, 0.29) is 23.6 Å². The maximum Gasteiger partial charge on any atom is 0.333 e. The molecule has 2 aromatic carbocycles. The van der Waals surface area contributed by atoms with E-state index >= 15 is 4.39 Å². The fraction of sp³-hybridized carbons (Fsp3) is 0.585. The van der Waals surface area contributed by atoms with Gasteiger partial charge in [-0.2, -0.15) is 0 Å². The van der Waals surface area contributed by atoms with Crippen molar-refractivity contribution in [3.05, 3.63) is 77.6 Å². The van der Waals surface area contributed by atoms with Crippen LogP contribution < -0.4 is 4.74 Å². The molecule has 4 rings (SSSR count). The third-order valence-electron chi connectivity index (χ3n) is 13.1. The summed E-state index contributed by atoms with van der Waals surface area (Å²) in [6.45, 7) is 10.4. The Morgan fingerprint density at radius 1 is 0.657 bits per heavy atom. The second-order valence-electron chi connectivity index (χ2n) is 18.4. The van der Waals surface area contributed by atoms with Crippen LogP contribution in [0, 0.1) is 29.0 Å². The Balaban J connectivity index is 1.57. The molecule has 0 saturated heterocycles. The SMILES string of the molecule is C=C(C)C(=O)OCCCc1cc(-c2ccc(C3CCC(C4CCC(CCCCC)CC4)CC3)cc2F)ccc1OCC(COC(=O)CC(=O)OC)(COC(=O)CC(=O)OC)COC(=O)C(=C)C. The van der Waals surface area contributed by atoms with Crippen molar-refractivity contribution in [2.75, 3.05) is 47.3 Å². The third-order valence-corrected chi connectivity index (χ3v) is 13.1. The molecule has 2 aromatic rings. The highest BCUT2D eigenvalue weighted by molar-refractivity contribution is 5.91. The van der Waals surface area contributed by atoms with Gasteiger partial charge in [0.2, 0.25) is 0 Å². The Morgan fingerprint density at radius 3 is 1.78 bits per heavy atom. The van der Waals surface area contributed by atoms with Crippen molar-refractivity contribution in [1.29, 1.82) is 0 Å². The van der Waals surface area contributed by atoms with Gasteiger partial charge in [-0.05, 0) is 124 Å². The number of esters is 6. The van der Waals surface area contributed by atoms with E-state index in [1.54, 1.807) is 31.2 Å². The first-order valence-electron chi connectivity index (χ1n) is 23.7. The predicted octanol–water partition coefficient (Wildman–Crippen LogP) is 9.90. The van der Waals surface area contributed by atoms with Crippen LogP contribution in [0.5, 0.6) is 5.75 Å². The number of hydrogen-bond donors (Lipinski definition) is 0. The van der Waals surface area contributed by atoms with E-state index in [0.717, 1.165) is 50.4 Å². The van der Waals surface area contributed by atoms with E-state index in [4.69, 9.17) is 23.7 Å². The number of hydrogen-bond acceptors (Lipinski definition) is 13. The maximum absolute atomic E-state index is 16.2. The van der Waals surface area contributed by atoms with Gasteiger partial charge in [0.25, 0.3) is 0 Å². The minimum absolute atomic E-state index is 0.0497. The van der Waals surface area contributed by atoms with Crippen LogP contribution in [0.25, 0.3) is 11.1 Å². The first kappa shape index (κ1) is 54.1. The molecule has 14 heteroatoms. The van der Waals surface area contributed by atoms with Crippen molar-refractivity contribution < 1.29 is 66.3 Å². The lowest BCUT2D eigenvalue weighted by Gasteiger charge is -2.38. The normalized spacial score (nSPS) is 18.2. The van der Waals surface area contributed by atoms with Gasteiger partial charge >= 0.3 is 35.8 Å². The molecule has 0 unspecified atom stereocenters. The van der Waals surface area contributed by atoms with Crippen molar-refractivity contribution in [2.24, 2.45) is 23.2 Å². The number of rotatable bonds is 26. The lowest BCUT2D eigenvalue weighted by atomic mass is 9.68. The Kier molecular flexibility index (Phi) is 22.1. The zero-order valence-corrected chi connectivity index (χ0v) is 40.2. The van der Waals surface area contributed by atoms with Gasteiger partial charge in [-0.1, -0.05) is 76.8 Å². The molecule has 2 aliphatic carbocycles. The molecular weight excluding hydrogens is 864 g/mol. The highest BCUT2D eigenvalue weighted by atomic mass is 19.1. The van der Waals surface area contributed by atoms with Crippen LogP contribution in [0.4, 0.5) is 4.39 Å². The smallest absolute Gasteiger partial charge is 0.333 e. The molecule has 0 radical (unpaired) electrons. The van der Waals surface area contributed by atoms with E-state index in [2.05, 4.69) is 29.6 Å². The summed E-state index contributed by atoms with van der Waals surface area (Å²) in [7, 11) is 2.21. The van der Waals surface area contributed by atoms with E-state index in [9.17, 15) is 28.8 Å². The van der Waals surface area contributed by atoms with Gasteiger partial charge in [0.15, 0.2) is 0 Å². The van der Waals surface area contributed by atoms with Gasteiger partial charge in [0, 0.05) is 16.7 Å². The second-order valence-corrected chi connectivity index (χ2v) is 18.4. The van der Waals surface area contributed by atoms with Gasteiger partial charge < -0.3 is 33.2 Å². The van der Waals surface area contributed by atoms with Gasteiger partial charge in [0.05, 0.1) is 20.8 Å². The van der Waals surface area contributed by atoms with E-state index in [1.165, 1.54) is 71.1 Å². The zero-order chi connectivity index (χ0) is 48.9. The number of methoxy groups -OCH3 is 2. The number of benzene rings is 2. The monoisotopic (exact) mass is 934 g/mol. The van der Waals surface area contributed by atoms with Crippen molar-refractivity contribution in [2.45, 2.75) is 129 Å². The average Bonchev–Trinajstić information content (AvgIpc) is 3.32. The van der Waals surface area contributed by atoms with E-state index in [1.807, 2.05) is 12.1 Å². The molecule has 0 aliphatic heterocycles. The second kappa shape index (κ2) is 27.3. The Bertz CT molecular complexity index is 1990. The Labute approximate surface area is 395 Å². The van der Waals surface area contributed by atoms with Gasteiger partial charge in [0.1, 0.15) is 56.3 Å². The van der Waals surface area contributed by atoms with E-state index < -0.39 is 80.5 Å². The molecule has 0 heterocycles. The summed E-state index contributed by atoms with van der Waals surface area (Å²) in [6.07, 6.45) is 14.4. The number of carbonyl (C=O) groups is 6. The van der Waals surface area contributed by atoms with Gasteiger partial charge in [-0.3, -0.25) is 19.2 Å². The van der Waals surface area contributed by atoms with Crippen LogP contribution in [-0.4, -0.2) is 83.1 Å². The van der Waals surface area contributed by atoms with Gasteiger partial charge in [-0.15, -0.1) is 0 Å². The molecular formula is C53H71FO13. The van der Waals surface area contributed by atoms with Crippen molar-refractivity contribution in [1.82, 2.24) is 0 Å². The number of carbonyl (C=O) groups excluding carboxylic acids is 6. The summed E-state index contributed by atoms with van der Waals surface area (Å²) in [4.78, 5) is 73.9. The highest BCUT2D eigenvalue weighted by Gasteiger charge is 2.38. The minimum Gasteiger partial charge on any atom is -0.492 e. The largest absolute Gasteiger partial charge is 0.492 e. The summed E-state index contributed by atoms with van der Waals surface area (Å²) in [5, 5.41) is 0. The molecule has 2 fully saturated rings. The van der Waals surface area contributed by atoms with Crippen LogP contribution in [0.1, 0.15) is 134 Å². The molecule has 13 nitrogen and oxygen atoms in total. The number of aryl methyl sites for hydroxylation is 1. The number of ether oxygens (including phenoxy) is 7. The summed E-state index contributed by atoms with van der Waals surface area (Å²) < 4.78 is 53.5. The maximum atomic E-state index is 16.2. The number of unbranched alkanes of at least 4 members (excludes halogenated alkanes) is 2. The fourth-order valence-corrected chi connectivity index (χ4v) is 8.98. The van der Waals surface area contributed by atoms with E-state index in [0.29, 0.717) is 41.2 Å². The molecule has 0 atom stereocenters. The predicted molar refractivity (Wildman–Crippen MR) is 249 cm³/mol. The average molecular weight is 935 g/mol. The molecule has 0 spiro atoms.